The van der Waals surface area contributed by atoms with Gasteiger partial charge < -0.3 is 9.84 Å². The van der Waals surface area contributed by atoms with E-state index in [1.165, 1.54) is 6.33 Å². The summed E-state index contributed by atoms with van der Waals surface area (Å²) in [6.45, 7) is 3.06. The maximum Gasteiger partial charge on any atom is 0.232 e. The Balaban J connectivity index is 1.81. The predicted molar refractivity (Wildman–Crippen MR) is 72.9 cm³/mol. The van der Waals surface area contributed by atoms with Gasteiger partial charge in [-0.15, -0.1) is 0 Å². The number of hydrogen-bond acceptors (Lipinski definition) is 7. The van der Waals surface area contributed by atoms with Crippen LogP contribution in [0.15, 0.2) is 23.1 Å². The summed E-state index contributed by atoms with van der Waals surface area (Å²) in [6.07, 6.45) is 3.16. The second kappa shape index (κ2) is 5.66. The molecule has 2 atom stereocenters. The number of likely N-dealkylation sites (N-methyl/N-ethyl adjacent to an activating group) is 1. The van der Waals surface area contributed by atoms with Crippen molar-refractivity contribution in [2.24, 2.45) is 0 Å². The highest BCUT2D eigenvalue weighted by molar-refractivity contribution is 7.99. The Bertz CT molecular complexity index is 532. The van der Waals surface area contributed by atoms with E-state index in [-0.39, 0.29) is 5.92 Å². The number of rotatable bonds is 4. The molecule has 1 N–H and O–H groups in total. The third kappa shape index (κ3) is 2.62. The van der Waals surface area contributed by atoms with Gasteiger partial charge in [-0.25, -0.2) is 9.97 Å². The average Bonchev–Trinajstić information content (AvgIpc) is 3.08. The quantitative estimate of drug-likeness (QED) is 0.903. The topological polar surface area (TPSA) is 76.7 Å². The molecule has 100 valence electrons. The number of nitrogens with one attached hydrogen (secondary N) is 1. The SMILES string of the molecule is CCNC1CSCC1c1nc(-c2ccncn2)no1. The molecule has 6 nitrogen and oxygen atoms in total. The van der Waals surface area contributed by atoms with Gasteiger partial charge in [-0.1, -0.05) is 12.1 Å². The summed E-state index contributed by atoms with van der Waals surface area (Å²) in [4.78, 5) is 12.5. The third-order valence-corrected chi connectivity index (χ3v) is 4.31. The minimum Gasteiger partial charge on any atom is -0.339 e. The molecule has 0 spiro atoms. The fourth-order valence-electron chi connectivity index (χ4n) is 2.17. The van der Waals surface area contributed by atoms with Crippen molar-refractivity contribution < 1.29 is 4.52 Å². The smallest absolute Gasteiger partial charge is 0.232 e. The Morgan fingerprint density at radius 3 is 3.21 bits per heavy atom. The van der Waals surface area contributed by atoms with Crippen molar-refractivity contribution in [1.29, 1.82) is 0 Å². The monoisotopic (exact) mass is 277 g/mol. The highest BCUT2D eigenvalue weighted by atomic mass is 32.2. The van der Waals surface area contributed by atoms with E-state index in [4.69, 9.17) is 4.52 Å². The second-order valence-electron chi connectivity index (χ2n) is 4.36. The van der Waals surface area contributed by atoms with Gasteiger partial charge in [-0.2, -0.15) is 16.7 Å². The maximum absolute atomic E-state index is 5.40. The predicted octanol–water partition coefficient (Wildman–Crippen LogP) is 1.34. The number of aromatic nitrogens is 4. The highest BCUT2D eigenvalue weighted by Gasteiger charge is 2.33. The van der Waals surface area contributed by atoms with Crippen LogP contribution in [0.4, 0.5) is 0 Å². The zero-order valence-electron chi connectivity index (χ0n) is 10.6. The first-order valence-electron chi connectivity index (χ1n) is 6.29. The van der Waals surface area contributed by atoms with Crippen molar-refractivity contribution in [1.82, 2.24) is 25.4 Å². The van der Waals surface area contributed by atoms with Crippen molar-refractivity contribution in [2.45, 2.75) is 18.9 Å². The van der Waals surface area contributed by atoms with Crippen LogP contribution in [0.3, 0.4) is 0 Å². The van der Waals surface area contributed by atoms with Crippen LogP contribution in [0.5, 0.6) is 0 Å². The summed E-state index contributed by atoms with van der Waals surface area (Å²) in [5, 5.41) is 7.48. The Hall–Kier alpha value is -1.47. The van der Waals surface area contributed by atoms with Gasteiger partial charge in [-0.05, 0) is 12.6 Å². The van der Waals surface area contributed by atoms with E-state index < -0.39 is 0 Å². The Morgan fingerprint density at radius 1 is 1.47 bits per heavy atom. The van der Waals surface area contributed by atoms with Gasteiger partial charge in [-0.3, -0.25) is 0 Å². The first kappa shape index (κ1) is 12.6. The van der Waals surface area contributed by atoms with Crippen LogP contribution in [0.1, 0.15) is 18.7 Å². The van der Waals surface area contributed by atoms with Crippen LogP contribution in [-0.2, 0) is 0 Å². The first-order chi connectivity index (χ1) is 9.38. The highest BCUT2D eigenvalue weighted by Crippen LogP contribution is 2.32. The summed E-state index contributed by atoms with van der Waals surface area (Å²) >= 11 is 1.91. The van der Waals surface area contributed by atoms with E-state index in [2.05, 4.69) is 32.3 Å². The molecular weight excluding hydrogens is 262 g/mol. The zero-order chi connectivity index (χ0) is 13.1. The Kier molecular flexibility index (Phi) is 3.74. The van der Waals surface area contributed by atoms with Crippen molar-refractivity contribution in [3.8, 4) is 11.5 Å². The summed E-state index contributed by atoms with van der Waals surface area (Å²) in [7, 11) is 0. The average molecular weight is 277 g/mol. The van der Waals surface area contributed by atoms with E-state index in [9.17, 15) is 0 Å². The number of thioether (sulfide) groups is 1. The minimum atomic E-state index is 0.285. The lowest BCUT2D eigenvalue weighted by Crippen LogP contribution is -2.34. The van der Waals surface area contributed by atoms with Crippen molar-refractivity contribution in [2.75, 3.05) is 18.1 Å². The molecule has 19 heavy (non-hydrogen) atoms. The molecule has 1 saturated heterocycles. The lowest BCUT2D eigenvalue weighted by Gasteiger charge is -2.15. The summed E-state index contributed by atoms with van der Waals surface area (Å²) < 4.78 is 5.40. The second-order valence-corrected chi connectivity index (χ2v) is 5.43. The van der Waals surface area contributed by atoms with Gasteiger partial charge in [0, 0.05) is 23.7 Å². The van der Waals surface area contributed by atoms with Crippen molar-refractivity contribution >= 4 is 11.8 Å². The molecule has 0 bridgehead atoms. The standard InChI is InChI=1S/C12H15N5OS/c1-2-14-10-6-19-5-8(10)12-16-11(17-18-12)9-3-4-13-7-15-9/h3-4,7-8,10,14H,2,5-6H2,1H3. The van der Waals surface area contributed by atoms with Gasteiger partial charge in [0.1, 0.15) is 12.0 Å². The molecule has 0 saturated carbocycles. The number of hydrogen-bond donors (Lipinski definition) is 1. The minimum absolute atomic E-state index is 0.285. The molecule has 2 unspecified atom stereocenters. The Labute approximate surface area is 115 Å². The van der Waals surface area contributed by atoms with Crippen LogP contribution >= 0.6 is 11.8 Å². The zero-order valence-corrected chi connectivity index (χ0v) is 11.4. The molecule has 1 aliphatic rings. The van der Waals surface area contributed by atoms with Gasteiger partial charge >= 0.3 is 0 Å². The summed E-state index contributed by atoms with van der Waals surface area (Å²) in [6, 6.07) is 2.19. The largest absolute Gasteiger partial charge is 0.339 e. The van der Waals surface area contributed by atoms with Gasteiger partial charge in [0.25, 0.3) is 0 Å². The van der Waals surface area contributed by atoms with Gasteiger partial charge in [0.15, 0.2) is 0 Å². The fraction of sp³-hybridized carbons (Fsp3) is 0.500. The Morgan fingerprint density at radius 2 is 2.42 bits per heavy atom. The van der Waals surface area contributed by atoms with Gasteiger partial charge in [0.05, 0.1) is 5.92 Å². The molecule has 0 radical (unpaired) electrons. The molecule has 2 aromatic heterocycles. The first-order valence-corrected chi connectivity index (χ1v) is 7.45. The van der Waals surface area contributed by atoms with E-state index in [1.54, 1.807) is 12.3 Å². The molecule has 0 aromatic carbocycles. The molecule has 1 aliphatic heterocycles. The molecule has 1 fully saturated rings. The summed E-state index contributed by atoms with van der Waals surface area (Å²) in [5.41, 5.74) is 0.690. The third-order valence-electron chi connectivity index (χ3n) is 3.12. The van der Waals surface area contributed by atoms with Crippen LogP contribution in [0, 0.1) is 0 Å². The van der Waals surface area contributed by atoms with Crippen molar-refractivity contribution in [3.05, 3.63) is 24.5 Å². The normalized spacial score (nSPS) is 22.8. The summed E-state index contributed by atoms with van der Waals surface area (Å²) in [5.74, 6) is 3.62. The van der Waals surface area contributed by atoms with Crippen LogP contribution < -0.4 is 5.32 Å². The number of nitrogens with zero attached hydrogens (tertiary/aromatic N) is 4. The van der Waals surface area contributed by atoms with E-state index >= 15 is 0 Å². The molecule has 3 rings (SSSR count). The van der Waals surface area contributed by atoms with Gasteiger partial charge in [0.2, 0.25) is 11.7 Å². The molecule has 0 amide bonds. The molecule has 0 aliphatic carbocycles. The maximum atomic E-state index is 5.40. The van der Waals surface area contributed by atoms with Crippen molar-refractivity contribution in [3.63, 3.8) is 0 Å². The van der Waals surface area contributed by atoms with E-state index in [0.29, 0.717) is 23.5 Å². The molecule has 7 heteroatoms. The van der Waals surface area contributed by atoms with E-state index in [0.717, 1.165) is 18.1 Å². The van der Waals surface area contributed by atoms with Crippen LogP contribution in [0.25, 0.3) is 11.5 Å². The lowest BCUT2D eigenvalue weighted by atomic mass is 10.0. The van der Waals surface area contributed by atoms with E-state index in [1.807, 2.05) is 11.8 Å². The van der Waals surface area contributed by atoms with Crippen LogP contribution in [-0.4, -0.2) is 44.2 Å². The lowest BCUT2D eigenvalue weighted by molar-refractivity contribution is 0.340. The molecule has 3 heterocycles. The molecule has 2 aromatic rings. The fourth-order valence-corrected chi connectivity index (χ4v) is 3.54. The van der Waals surface area contributed by atoms with Crippen LogP contribution in [0.2, 0.25) is 0 Å². The molecular formula is C12H15N5OS.